The minimum atomic E-state index is -0.868. The predicted molar refractivity (Wildman–Crippen MR) is 102 cm³/mol. The van der Waals surface area contributed by atoms with Crippen molar-refractivity contribution in [3.63, 3.8) is 0 Å². The van der Waals surface area contributed by atoms with Gasteiger partial charge in [-0.05, 0) is 23.6 Å². The largest absolute Gasteiger partial charge is 0.481 e. The standard InChI is InChI=1S/C23H22O3/c1-18(22(24)25)17-26-23(19-11-5-2-6-12-19,20-13-7-3-8-14-20)21-15-9-4-10-16-21/h2-16,18H,17H2,1H3,(H,24,25). The average molecular weight is 346 g/mol. The molecule has 0 fully saturated rings. The van der Waals surface area contributed by atoms with Gasteiger partial charge >= 0.3 is 5.97 Å². The molecule has 3 aromatic carbocycles. The maximum Gasteiger partial charge on any atom is 0.308 e. The van der Waals surface area contributed by atoms with E-state index >= 15 is 0 Å². The lowest BCUT2D eigenvalue weighted by Crippen LogP contribution is -2.35. The SMILES string of the molecule is CC(COC(c1ccccc1)(c1ccccc1)c1ccccc1)C(=O)O. The second-order valence-electron chi connectivity index (χ2n) is 6.33. The quantitative estimate of drug-likeness (QED) is 0.630. The molecule has 1 atom stereocenters. The third kappa shape index (κ3) is 3.53. The van der Waals surface area contributed by atoms with Gasteiger partial charge in [0.25, 0.3) is 0 Å². The van der Waals surface area contributed by atoms with E-state index in [2.05, 4.69) is 0 Å². The van der Waals surface area contributed by atoms with Crippen LogP contribution in [0.15, 0.2) is 91.0 Å². The van der Waals surface area contributed by atoms with Gasteiger partial charge in [0.1, 0.15) is 5.60 Å². The lowest BCUT2D eigenvalue weighted by molar-refractivity contribution is -0.144. The molecule has 3 rings (SSSR count). The van der Waals surface area contributed by atoms with Crippen molar-refractivity contribution in [2.45, 2.75) is 12.5 Å². The van der Waals surface area contributed by atoms with Gasteiger partial charge in [-0.3, -0.25) is 4.79 Å². The molecule has 0 radical (unpaired) electrons. The first kappa shape index (κ1) is 17.9. The third-order valence-electron chi connectivity index (χ3n) is 4.51. The Kier molecular flexibility index (Phi) is 5.49. The molecule has 0 saturated carbocycles. The average Bonchev–Trinajstić information content (AvgIpc) is 2.70. The van der Waals surface area contributed by atoms with Gasteiger partial charge in [-0.25, -0.2) is 0 Å². The Hall–Kier alpha value is -2.91. The van der Waals surface area contributed by atoms with E-state index in [1.165, 1.54) is 0 Å². The van der Waals surface area contributed by atoms with Crippen LogP contribution in [0, 0.1) is 5.92 Å². The Labute approximate surface area is 153 Å². The third-order valence-corrected chi connectivity index (χ3v) is 4.51. The summed E-state index contributed by atoms with van der Waals surface area (Å²) in [5.74, 6) is -1.47. The number of rotatable bonds is 7. The van der Waals surface area contributed by atoms with Crippen LogP contribution in [0.2, 0.25) is 0 Å². The van der Waals surface area contributed by atoms with Crippen LogP contribution in [0.3, 0.4) is 0 Å². The van der Waals surface area contributed by atoms with E-state index in [-0.39, 0.29) is 6.61 Å². The molecule has 0 saturated heterocycles. The highest BCUT2D eigenvalue weighted by atomic mass is 16.5. The van der Waals surface area contributed by atoms with E-state index in [1.807, 2.05) is 91.0 Å². The Morgan fingerprint density at radius 1 is 0.808 bits per heavy atom. The van der Waals surface area contributed by atoms with E-state index in [0.717, 1.165) is 16.7 Å². The summed E-state index contributed by atoms with van der Waals surface area (Å²) >= 11 is 0. The van der Waals surface area contributed by atoms with E-state index in [0.29, 0.717) is 0 Å². The van der Waals surface area contributed by atoms with E-state index < -0.39 is 17.5 Å². The molecule has 1 unspecified atom stereocenters. The second kappa shape index (κ2) is 7.98. The van der Waals surface area contributed by atoms with Gasteiger partial charge in [0.15, 0.2) is 0 Å². The van der Waals surface area contributed by atoms with Crippen LogP contribution in [-0.4, -0.2) is 17.7 Å². The first-order chi connectivity index (χ1) is 12.6. The molecule has 0 spiro atoms. The van der Waals surface area contributed by atoms with Crippen LogP contribution < -0.4 is 0 Å². The minimum absolute atomic E-state index is 0.105. The van der Waals surface area contributed by atoms with Gasteiger partial charge in [0.2, 0.25) is 0 Å². The first-order valence-electron chi connectivity index (χ1n) is 8.68. The normalized spacial score (nSPS) is 12.5. The summed E-state index contributed by atoms with van der Waals surface area (Å²) in [6, 6.07) is 29.8. The molecule has 0 aliphatic heterocycles. The zero-order valence-corrected chi connectivity index (χ0v) is 14.7. The Balaban J connectivity index is 2.19. The van der Waals surface area contributed by atoms with E-state index in [9.17, 15) is 9.90 Å². The Morgan fingerprint density at radius 2 is 1.15 bits per heavy atom. The predicted octanol–water partition coefficient (Wildman–Crippen LogP) is 4.72. The Morgan fingerprint density at radius 3 is 1.46 bits per heavy atom. The molecule has 0 aliphatic carbocycles. The van der Waals surface area contributed by atoms with Crippen molar-refractivity contribution >= 4 is 5.97 Å². The molecule has 0 aromatic heterocycles. The van der Waals surface area contributed by atoms with Gasteiger partial charge in [-0.15, -0.1) is 0 Å². The molecular formula is C23H22O3. The first-order valence-corrected chi connectivity index (χ1v) is 8.68. The van der Waals surface area contributed by atoms with Crippen LogP contribution >= 0.6 is 0 Å². The van der Waals surface area contributed by atoms with Gasteiger partial charge in [-0.1, -0.05) is 91.0 Å². The summed E-state index contributed by atoms with van der Waals surface area (Å²) in [6.45, 7) is 1.77. The van der Waals surface area contributed by atoms with Crippen molar-refractivity contribution in [2.24, 2.45) is 5.92 Å². The maximum absolute atomic E-state index is 11.3. The number of benzene rings is 3. The summed E-state index contributed by atoms with van der Waals surface area (Å²) < 4.78 is 6.43. The van der Waals surface area contributed by atoms with Crippen molar-refractivity contribution in [1.29, 1.82) is 0 Å². The fourth-order valence-corrected chi connectivity index (χ4v) is 3.09. The zero-order chi connectivity index (χ0) is 18.4. The van der Waals surface area contributed by atoms with Crippen LogP contribution in [0.25, 0.3) is 0 Å². The van der Waals surface area contributed by atoms with Crippen LogP contribution in [-0.2, 0) is 15.1 Å². The maximum atomic E-state index is 11.3. The topological polar surface area (TPSA) is 46.5 Å². The number of carboxylic acid groups (broad SMARTS) is 1. The number of carboxylic acids is 1. The Bertz CT molecular complexity index is 732. The molecule has 1 N–H and O–H groups in total. The van der Waals surface area contributed by atoms with Crippen LogP contribution in [0.5, 0.6) is 0 Å². The second-order valence-corrected chi connectivity index (χ2v) is 6.33. The highest BCUT2D eigenvalue weighted by Crippen LogP contribution is 2.40. The summed E-state index contributed by atoms with van der Waals surface area (Å²) in [5.41, 5.74) is 2.04. The molecule has 3 nitrogen and oxygen atoms in total. The number of ether oxygens (including phenoxy) is 1. The van der Waals surface area contributed by atoms with E-state index in [1.54, 1.807) is 6.92 Å². The fourth-order valence-electron chi connectivity index (χ4n) is 3.09. The van der Waals surface area contributed by atoms with Crippen molar-refractivity contribution in [3.05, 3.63) is 108 Å². The van der Waals surface area contributed by atoms with Gasteiger partial charge in [0.05, 0.1) is 12.5 Å². The molecule has 0 heterocycles. The molecule has 0 amide bonds. The monoisotopic (exact) mass is 346 g/mol. The summed E-state index contributed by atoms with van der Waals surface area (Å²) in [7, 11) is 0. The molecule has 132 valence electrons. The van der Waals surface area contributed by atoms with Crippen molar-refractivity contribution < 1.29 is 14.6 Å². The molecule has 3 heteroatoms. The summed E-state index contributed by atoms with van der Waals surface area (Å²) in [6.07, 6.45) is 0. The van der Waals surface area contributed by atoms with Gasteiger partial charge in [-0.2, -0.15) is 0 Å². The molecule has 3 aromatic rings. The van der Waals surface area contributed by atoms with Gasteiger partial charge < -0.3 is 9.84 Å². The minimum Gasteiger partial charge on any atom is -0.481 e. The van der Waals surface area contributed by atoms with Crippen molar-refractivity contribution in [1.82, 2.24) is 0 Å². The smallest absolute Gasteiger partial charge is 0.308 e. The molecular weight excluding hydrogens is 324 g/mol. The van der Waals surface area contributed by atoms with Crippen molar-refractivity contribution in [2.75, 3.05) is 6.61 Å². The number of carbonyl (C=O) groups is 1. The molecule has 0 bridgehead atoms. The fraction of sp³-hybridized carbons (Fsp3) is 0.174. The zero-order valence-electron chi connectivity index (χ0n) is 14.7. The lowest BCUT2D eigenvalue weighted by Gasteiger charge is -2.36. The lowest BCUT2D eigenvalue weighted by atomic mass is 9.80. The summed E-state index contributed by atoms with van der Waals surface area (Å²) in [5, 5.41) is 9.31. The number of hydrogen-bond acceptors (Lipinski definition) is 2. The summed E-state index contributed by atoms with van der Waals surface area (Å²) in [4.78, 5) is 11.3. The number of aliphatic carboxylic acids is 1. The van der Waals surface area contributed by atoms with E-state index in [4.69, 9.17) is 4.74 Å². The van der Waals surface area contributed by atoms with Crippen LogP contribution in [0.1, 0.15) is 23.6 Å². The van der Waals surface area contributed by atoms with Crippen LogP contribution in [0.4, 0.5) is 0 Å². The molecule has 0 aliphatic rings. The van der Waals surface area contributed by atoms with Gasteiger partial charge in [0, 0.05) is 0 Å². The molecule has 26 heavy (non-hydrogen) atoms. The highest BCUT2D eigenvalue weighted by molar-refractivity contribution is 5.69. The number of hydrogen-bond donors (Lipinski definition) is 1. The highest BCUT2D eigenvalue weighted by Gasteiger charge is 2.38. The van der Waals surface area contributed by atoms with Crippen molar-refractivity contribution in [3.8, 4) is 0 Å².